The molecule has 0 aromatic carbocycles. The number of rotatable bonds is 0. The first kappa shape index (κ1) is 12.8. The zero-order chi connectivity index (χ0) is 13.9. The SMILES string of the molecule is C[C@]12CC[C@H]3[C@@H](CCC4CC(=O)C=C[C@@H]43)[C@@H]1CCC2=O. The second kappa shape index (κ2) is 4.29. The van der Waals surface area contributed by atoms with Gasteiger partial charge in [-0.1, -0.05) is 13.0 Å². The maximum Gasteiger partial charge on any atom is 0.155 e. The summed E-state index contributed by atoms with van der Waals surface area (Å²) in [4.78, 5) is 23.9. The predicted molar refractivity (Wildman–Crippen MR) is 77.0 cm³/mol. The summed E-state index contributed by atoms with van der Waals surface area (Å²) in [6.45, 7) is 2.23. The molecule has 108 valence electrons. The zero-order valence-corrected chi connectivity index (χ0v) is 12.3. The predicted octanol–water partition coefficient (Wildman–Crippen LogP) is 3.55. The van der Waals surface area contributed by atoms with Crippen molar-refractivity contribution < 1.29 is 9.59 Å². The minimum absolute atomic E-state index is 0.0117. The molecule has 3 fully saturated rings. The highest BCUT2D eigenvalue weighted by Gasteiger charge is 2.56. The minimum Gasteiger partial charge on any atom is -0.299 e. The smallest absolute Gasteiger partial charge is 0.155 e. The zero-order valence-electron chi connectivity index (χ0n) is 12.3. The molecule has 0 amide bonds. The molecule has 2 heteroatoms. The van der Waals surface area contributed by atoms with Crippen LogP contribution < -0.4 is 0 Å². The van der Waals surface area contributed by atoms with E-state index in [1.54, 1.807) is 0 Å². The normalized spacial score (nSPS) is 50.5. The van der Waals surface area contributed by atoms with Crippen LogP contribution in [0.25, 0.3) is 0 Å². The number of hydrogen-bond acceptors (Lipinski definition) is 2. The van der Waals surface area contributed by atoms with Crippen molar-refractivity contribution in [1.29, 1.82) is 0 Å². The molecule has 4 aliphatic rings. The Morgan fingerprint density at radius 3 is 2.80 bits per heavy atom. The Balaban J connectivity index is 1.64. The average molecular weight is 272 g/mol. The number of fused-ring (bicyclic) bond motifs is 5. The summed E-state index contributed by atoms with van der Waals surface area (Å²) in [7, 11) is 0. The average Bonchev–Trinajstić information content (AvgIpc) is 2.74. The van der Waals surface area contributed by atoms with Crippen LogP contribution in [-0.2, 0) is 9.59 Å². The fraction of sp³-hybridized carbons (Fsp3) is 0.778. The lowest BCUT2D eigenvalue weighted by Crippen LogP contribution is -2.47. The van der Waals surface area contributed by atoms with Crippen molar-refractivity contribution in [3.8, 4) is 0 Å². The summed E-state index contributed by atoms with van der Waals surface area (Å²) >= 11 is 0. The molecule has 3 saturated carbocycles. The molecule has 0 heterocycles. The van der Waals surface area contributed by atoms with Gasteiger partial charge >= 0.3 is 0 Å². The van der Waals surface area contributed by atoms with Crippen molar-refractivity contribution in [3.63, 3.8) is 0 Å². The molecule has 6 atom stereocenters. The van der Waals surface area contributed by atoms with Gasteiger partial charge in [0, 0.05) is 18.3 Å². The summed E-state index contributed by atoms with van der Waals surface area (Å²) in [5.74, 6) is 4.16. The van der Waals surface area contributed by atoms with Gasteiger partial charge in [0.2, 0.25) is 0 Å². The van der Waals surface area contributed by atoms with E-state index < -0.39 is 0 Å². The molecule has 0 aromatic rings. The van der Waals surface area contributed by atoms with Crippen LogP contribution in [-0.4, -0.2) is 11.6 Å². The van der Waals surface area contributed by atoms with E-state index in [0.29, 0.717) is 29.3 Å². The molecular weight excluding hydrogens is 248 g/mol. The first-order valence-corrected chi connectivity index (χ1v) is 8.34. The van der Waals surface area contributed by atoms with Gasteiger partial charge in [0.05, 0.1) is 0 Å². The Kier molecular flexibility index (Phi) is 2.74. The summed E-state index contributed by atoms with van der Waals surface area (Å²) in [6, 6.07) is 0. The summed E-state index contributed by atoms with van der Waals surface area (Å²) < 4.78 is 0. The number of allylic oxidation sites excluding steroid dienone is 2. The van der Waals surface area contributed by atoms with Gasteiger partial charge in [0.25, 0.3) is 0 Å². The van der Waals surface area contributed by atoms with Gasteiger partial charge in [0.1, 0.15) is 5.78 Å². The molecule has 0 bridgehead atoms. The van der Waals surface area contributed by atoms with E-state index in [4.69, 9.17) is 0 Å². The van der Waals surface area contributed by atoms with E-state index in [1.165, 1.54) is 19.3 Å². The lowest BCUT2D eigenvalue weighted by molar-refractivity contribution is -0.132. The first-order valence-electron chi connectivity index (χ1n) is 8.34. The molecule has 0 N–H and O–H groups in total. The Hall–Kier alpha value is -0.920. The van der Waals surface area contributed by atoms with Crippen LogP contribution >= 0.6 is 0 Å². The van der Waals surface area contributed by atoms with E-state index >= 15 is 0 Å². The maximum atomic E-state index is 12.3. The second-order valence-electron chi connectivity index (χ2n) is 7.80. The molecule has 0 aliphatic heterocycles. The highest BCUT2D eigenvalue weighted by Crippen LogP contribution is 2.60. The molecule has 0 aromatic heterocycles. The van der Waals surface area contributed by atoms with Crippen LogP contribution in [0.4, 0.5) is 0 Å². The standard InChI is InChI=1S/C18H24O2/c1-18-9-8-14-13-5-3-12(19)10-11(13)2-4-15(14)16(18)6-7-17(18)20/h3,5,11,13-16H,2,4,6-10H2,1H3/t11?,13-,14+,15+,16-,18-/m0/s1. The van der Waals surface area contributed by atoms with Crippen LogP contribution in [0.1, 0.15) is 51.9 Å². The lowest BCUT2D eigenvalue weighted by Gasteiger charge is -2.52. The minimum atomic E-state index is -0.0117. The van der Waals surface area contributed by atoms with Crippen molar-refractivity contribution in [2.45, 2.75) is 51.9 Å². The van der Waals surface area contributed by atoms with E-state index in [-0.39, 0.29) is 5.41 Å². The topological polar surface area (TPSA) is 34.1 Å². The third-order valence-corrected chi connectivity index (χ3v) is 7.08. The van der Waals surface area contributed by atoms with Crippen LogP contribution in [0, 0.1) is 35.0 Å². The van der Waals surface area contributed by atoms with Crippen LogP contribution in [0.2, 0.25) is 0 Å². The molecular formula is C18H24O2. The van der Waals surface area contributed by atoms with Crippen molar-refractivity contribution in [1.82, 2.24) is 0 Å². The van der Waals surface area contributed by atoms with Gasteiger partial charge in [-0.25, -0.2) is 0 Å². The van der Waals surface area contributed by atoms with Crippen molar-refractivity contribution in [3.05, 3.63) is 12.2 Å². The fourth-order valence-corrected chi connectivity index (χ4v) is 6.01. The third-order valence-electron chi connectivity index (χ3n) is 7.08. The molecule has 2 nitrogen and oxygen atoms in total. The van der Waals surface area contributed by atoms with Gasteiger partial charge in [-0.05, 0) is 67.8 Å². The number of hydrogen-bond donors (Lipinski definition) is 0. The number of ketones is 2. The Morgan fingerprint density at radius 1 is 1.10 bits per heavy atom. The Labute approximate surface area is 121 Å². The van der Waals surface area contributed by atoms with Crippen molar-refractivity contribution in [2.75, 3.05) is 0 Å². The van der Waals surface area contributed by atoms with E-state index in [2.05, 4.69) is 13.0 Å². The first-order chi connectivity index (χ1) is 9.59. The maximum absolute atomic E-state index is 12.3. The van der Waals surface area contributed by atoms with Crippen LogP contribution in [0.3, 0.4) is 0 Å². The van der Waals surface area contributed by atoms with Crippen LogP contribution in [0.15, 0.2) is 12.2 Å². The number of Topliss-reactive ketones (excluding diaryl/α,β-unsaturated/α-hetero) is 1. The molecule has 4 rings (SSSR count). The second-order valence-corrected chi connectivity index (χ2v) is 7.80. The van der Waals surface area contributed by atoms with Gasteiger partial charge in [-0.2, -0.15) is 0 Å². The summed E-state index contributed by atoms with van der Waals surface area (Å²) in [5, 5.41) is 0. The fourth-order valence-electron chi connectivity index (χ4n) is 6.01. The molecule has 0 radical (unpaired) electrons. The van der Waals surface area contributed by atoms with Crippen molar-refractivity contribution >= 4 is 11.6 Å². The van der Waals surface area contributed by atoms with E-state index in [9.17, 15) is 9.59 Å². The molecule has 20 heavy (non-hydrogen) atoms. The van der Waals surface area contributed by atoms with E-state index in [0.717, 1.165) is 37.5 Å². The van der Waals surface area contributed by atoms with Gasteiger partial charge < -0.3 is 0 Å². The molecule has 0 spiro atoms. The molecule has 0 saturated heterocycles. The highest BCUT2D eigenvalue weighted by molar-refractivity contribution is 5.90. The van der Waals surface area contributed by atoms with Gasteiger partial charge in [0.15, 0.2) is 5.78 Å². The quantitative estimate of drug-likeness (QED) is 0.676. The molecule has 1 unspecified atom stereocenters. The summed E-state index contributed by atoms with van der Waals surface area (Å²) in [5.41, 5.74) is -0.0117. The lowest BCUT2D eigenvalue weighted by atomic mass is 9.51. The van der Waals surface area contributed by atoms with Crippen LogP contribution in [0.5, 0.6) is 0 Å². The summed E-state index contributed by atoms with van der Waals surface area (Å²) in [6.07, 6.45) is 11.5. The monoisotopic (exact) mass is 272 g/mol. The van der Waals surface area contributed by atoms with Crippen molar-refractivity contribution in [2.24, 2.45) is 35.0 Å². The largest absolute Gasteiger partial charge is 0.299 e. The molecule has 4 aliphatic carbocycles. The number of carbonyl (C=O) groups excluding carboxylic acids is 2. The Bertz CT molecular complexity index is 492. The number of carbonyl (C=O) groups is 2. The van der Waals surface area contributed by atoms with E-state index in [1.807, 2.05) is 6.08 Å². The van der Waals surface area contributed by atoms with Gasteiger partial charge in [-0.15, -0.1) is 0 Å². The van der Waals surface area contributed by atoms with Gasteiger partial charge in [-0.3, -0.25) is 9.59 Å². The Morgan fingerprint density at radius 2 is 1.95 bits per heavy atom. The third kappa shape index (κ3) is 1.63. The highest BCUT2D eigenvalue weighted by atomic mass is 16.1.